The second-order valence-electron chi connectivity index (χ2n) is 4.04. The maximum absolute atomic E-state index is 5.60. The zero-order valence-corrected chi connectivity index (χ0v) is 10.9. The summed E-state index contributed by atoms with van der Waals surface area (Å²) in [6.07, 6.45) is 2.12. The van der Waals surface area contributed by atoms with Gasteiger partial charge in [-0.15, -0.1) is 0 Å². The van der Waals surface area contributed by atoms with E-state index in [1.54, 1.807) is 7.11 Å². The Bertz CT molecular complexity index is 139. The molecule has 0 bridgehead atoms. The molecule has 3 heteroatoms. The summed E-state index contributed by atoms with van der Waals surface area (Å²) in [5.74, 6) is 0. The van der Waals surface area contributed by atoms with E-state index in [9.17, 15) is 0 Å². The van der Waals surface area contributed by atoms with Gasteiger partial charge >= 0.3 is 0 Å². The smallest absolute Gasteiger partial charge is 0.0822 e. The van der Waals surface area contributed by atoms with Crippen LogP contribution in [0.15, 0.2) is 0 Å². The summed E-state index contributed by atoms with van der Waals surface area (Å²) in [7, 11) is 1.77. The lowest BCUT2D eigenvalue weighted by atomic mass is 9.93. The molecule has 0 amide bonds. The summed E-state index contributed by atoms with van der Waals surface area (Å²) in [6, 6.07) is 0.271. The predicted octanol–water partition coefficient (Wildman–Crippen LogP) is 2.21. The van der Waals surface area contributed by atoms with Crippen LogP contribution in [0.1, 0.15) is 40.5 Å². The first-order chi connectivity index (χ1) is 7.14. The molecular weight excluding hydrogens is 190 g/mol. The molecule has 0 heterocycles. The van der Waals surface area contributed by atoms with Gasteiger partial charge in [0.15, 0.2) is 0 Å². The minimum atomic E-state index is -0.135. The number of methoxy groups -OCH3 is 1. The molecule has 92 valence electrons. The molecule has 0 aliphatic carbocycles. The van der Waals surface area contributed by atoms with Crippen LogP contribution in [0.2, 0.25) is 0 Å². The molecule has 0 aromatic rings. The van der Waals surface area contributed by atoms with Crippen molar-refractivity contribution >= 4 is 0 Å². The molecule has 2 atom stereocenters. The maximum atomic E-state index is 5.60. The molecule has 0 saturated carbocycles. The number of hydrogen-bond acceptors (Lipinski definition) is 3. The highest BCUT2D eigenvalue weighted by atomic mass is 16.5. The quantitative estimate of drug-likeness (QED) is 0.642. The lowest BCUT2D eigenvalue weighted by molar-refractivity contribution is -0.0526. The zero-order valence-electron chi connectivity index (χ0n) is 10.9. The van der Waals surface area contributed by atoms with Gasteiger partial charge in [0.1, 0.15) is 0 Å². The summed E-state index contributed by atoms with van der Waals surface area (Å²) in [4.78, 5) is 0. The molecular formula is C12H27NO2. The van der Waals surface area contributed by atoms with Crippen molar-refractivity contribution in [1.82, 2.24) is 5.32 Å². The highest BCUT2D eigenvalue weighted by molar-refractivity contribution is 4.88. The van der Waals surface area contributed by atoms with Crippen LogP contribution in [0.5, 0.6) is 0 Å². The van der Waals surface area contributed by atoms with Crippen LogP contribution < -0.4 is 5.32 Å². The number of rotatable bonds is 9. The van der Waals surface area contributed by atoms with Crippen molar-refractivity contribution in [1.29, 1.82) is 0 Å². The van der Waals surface area contributed by atoms with E-state index in [-0.39, 0.29) is 11.6 Å². The van der Waals surface area contributed by atoms with Crippen LogP contribution >= 0.6 is 0 Å². The van der Waals surface area contributed by atoms with Crippen molar-refractivity contribution in [3.63, 3.8) is 0 Å². The van der Waals surface area contributed by atoms with Gasteiger partial charge in [-0.1, -0.05) is 13.8 Å². The largest absolute Gasteiger partial charge is 0.380 e. The molecule has 0 spiro atoms. The van der Waals surface area contributed by atoms with Crippen molar-refractivity contribution in [2.24, 2.45) is 0 Å². The van der Waals surface area contributed by atoms with Gasteiger partial charge in [-0.25, -0.2) is 0 Å². The van der Waals surface area contributed by atoms with Gasteiger partial charge in [-0.05, 0) is 33.2 Å². The Labute approximate surface area is 94.5 Å². The van der Waals surface area contributed by atoms with Gasteiger partial charge < -0.3 is 14.8 Å². The molecule has 3 nitrogen and oxygen atoms in total. The molecule has 2 unspecified atom stereocenters. The Kier molecular flexibility index (Phi) is 8.02. The average molecular weight is 217 g/mol. The second kappa shape index (κ2) is 8.08. The molecule has 0 fully saturated rings. The monoisotopic (exact) mass is 217 g/mol. The van der Waals surface area contributed by atoms with Crippen molar-refractivity contribution in [3.05, 3.63) is 0 Å². The summed E-state index contributed by atoms with van der Waals surface area (Å²) in [6.45, 7) is 11.0. The van der Waals surface area contributed by atoms with Gasteiger partial charge in [-0.3, -0.25) is 0 Å². The fourth-order valence-electron chi connectivity index (χ4n) is 1.54. The van der Waals surface area contributed by atoms with E-state index in [2.05, 4.69) is 26.1 Å². The van der Waals surface area contributed by atoms with E-state index >= 15 is 0 Å². The average Bonchev–Trinajstić information content (AvgIpc) is 2.28. The van der Waals surface area contributed by atoms with Crippen LogP contribution in [-0.2, 0) is 9.47 Å². The molecule has 0 aliphatic rings. The van der Waals surface area contributed by atoms with Gasteiger partial charge in [0, 0.05) is 13.7 Å². The fourth-order valence-corrected chi connectivity index (χ4v) is 1.54. The van der Waals surface area contributed by atoms with Crippen LogP contribution in [0.3, 0.4) is 0 Å². The van der Waals surface area contributed by atoms with Crippen LogP contribution in [0.25, 0.3) is 0 Å². The maximum Gasteiger partial charge on any atom is 0.0822 e. The van der Waals surface area contributed by atoms with E-state index in [0.29, 0.717) is 6.61 Å². The Morgan fingerprint density at radius 3 is 2.33 bits per heavy atom. The van der Waals surface area contributed by atoms with Crippen molar-refractivity contribution < 1.29 is 9.47 Å². The Morgan fingerprint density at radius 2 is 1.93 bits per heavy atom. The zero-order chi connectivity index (χ0) is 11.7. The number of nitrogens with one attached hydrogen (secondary N) is 1. The Hall–Kier alpha value is -0.120. The lowest BCUT2D eigenvalue weighted by Crippen LogP contribution is -2.52. The molecule has 0 aliphatic heterocycles. The first-order valence-electron chi connectivity index (χ1n) is 6.00. The topological polar surface area (TPSA) is 30.5 Å². The summed E-state index contributed by atoms with van der Waals surface area (Å²) in [5, 5.41) is 3.50. The van der Waals surface area contributed by atoms with Crippen LogP contribution in [-0.4, -0.2) is 38.5 Å². The molecule has 0 aromatic carbocycles. The first-order valence-corrected chi connectivity index (χ1v) is 6.00. The third-order valence-electron chi connectivity index (χ3n) is 3.03. The van der Waals surface area contributed by atoms with Crippen molar-refractivity contribution in [3.8, 4) is 0 Å². The molecule has 0 radical (unpaired) electrons. The van der Waals surface area contributed by atoms with E-state index in [0.717, 1.165) is 26.0 Å². The van der Waals surface area contributed by atoms with Gasteiger partial charge in [0.2, 0.25) is 0 Å². The van der Waals surface area contributed by atoms with Crippen molar-refractivity contribution in [2.75, 3.05) is 26.9 Å². The summed E-state index contributed by atoms with van der Waals surface area (Å²) in [5.41, 5.74) is -0.135. The molecule has 1 N–H and O–H groups in total. The normalized spacial score (nSPS) is 17.4. The number of ether oxygens (including phenoxy) is 2. The summed E-state index contributed by atoms with van der Waals surface area (Å²) >= 11 is 0. The van der Waals surface area contributed by atoms with Gasteiger partial charge in [0.25, 0.3) is 0 Å². The van der Waals surface area contributed by atoms with Gasteiger partial charge in [0.05, 0.1) is 18.2 Å². The highest BCUT2D eigenvalue weighted by Crippen LogP contribution is 2.19. The highest BCUT2D eigenvalue weighted by Gasteiger charge is 2.32. The minimum Gasteiger partial charge on any atom is -0.380 e. The predicted molar refractivity (Wildman–Crippen MR) is 64.3 cm³/mol. The van der Waals surface area contributed by atoms with E-state index < -0.39 is 0 Å². The Balaban J connectivity index is 4.29. The van der Waals surface area contributed by atoms with E-state index in [4.69, 9.17) is 9.47 Å². The molecule has 0 rings (SSSR count). The SMILES string of the molecule is CCCNC(COCC)C(C)(CC)OC. The third kappa shape index (κ3) is 4.96. The van der Waals surface area contributed by atoms with Gasteiger partial charge in [-0.2, -0.15) is 0 Å². The number of hydrogen-bond donors (Lipinski definition) is 1. The minimum absolute atomic E-state index is 0.135. The van der Waals surface area contributed by atoms with E-state index in [1.165, 1.54) is 0 Å². The summed E-state index contributed by atoms with van der Waals surface area (Å²) < 4.78 is 11.1. The second-order valence-corrected chi connectivity index (χ2v) is 4.04. The third-order valence-corrected chi connectivity index (χ3v) is 3.03. The van der Waals surface area contributed by atoms with E-state index in [1.807, 2.05) is 6.92 Å². The van der Waals surface area contributed by atoms with Crippen LogP contribution in [0, 0.1) is 0 Å². The molecule has 0 aromatic heterocycles. The molecule has 0 saturated heterocycles. The van der Waals surface area contributed by atoms with Crippen LogP contribution in [0.4, 0.5) is 0 Å². The first kappa shape index (κ1) is 14.9. The van der Waals surface area contributed by atoms with Crippen molar-refractivity contribution in [2.45, 2.75) is 52.2 Å². The fraction of sp³-hybridized carbons (Fsp3) is 1.00. The lowest BCUT2D eigenvalue weighted by Gasteiger charge is -2.36. The standard InChI is InChI=1S/C12H27NO2/c1-6-9-13-11(10-15-8-3)12(4,7-2)14-5/h11,13H,6-10H2,1-5H3. The molecule has 15 heavy (non-hydrogen) atoms. The Morgan fingerprint density at radius 1 is 1.27 bits per heavy atom.